The van der Waals surface area contributed by atoms with Crippen molar-refractivity contribution in [2.45, 2.75) is 26.4 Å². The fourth-order valence-electron chi connectivity index (χ4n) is 0.955. The van der Waals surface area contributed by atoms with Gasteiger partial charge in [-0.25, -0.2) is 0 Å². The molecule has 1 rings (SSSR count). The van der Waals surface area contributed by atoms with E-state index in [1.165, 1.54) is 0 Å². The van der Waals surface area contributed by atoms with Gasteiger partial charge in [0.25, 0.3) is 0 Å². The number of ether oxygens (including phenoxy) is 1. The molecule has 16 heavy (non-hydrogen) atoms. The molecule has 1 aromatic heterocycles. The first-order valence-corrected chi connectivity index (χ1v) is 4.57. The third-order valence-corrected chi connectivity index (χ3v) is 1.35. The Morgan fingerprint density at radius 1 is 1.56 bits per heavy atom. The molecule has 1 aromatic rings. The third kappa shape index (κ3) is 6.08. The molecule has 1 radical (unpaired) electrons. The van der Waals surface area contributed by atoms with Gasteiger partial charge in [0, 0.05) is 38.5 Å². The molecule has 4 nitrogen and oxygen atoms in total. The molecule has 0 spiro atoms. The maximum absolute atomic E-state index is 10.7. The Labute approximate surface area is 121 Å². The van der Waals surface area contributed by atoms with Crippen LogP contribution < -0.4 is 10.1 Å². The fraction of sp³-hybridized carbons (Fsp3) is 0.364. The van der Waals surface area contributed by atoms with Crippen LogP contribution in [0.3, 0.4) is 0 Å². The first-order valence-electron chi connectivity index (χ1n) is 4.57. The van der Waals surface area contributed by atoms with Crippen LogP contribution in [0.4, 0.5) is 5.82 Å². The Balaban J connectivity index is 0.00000225. The SMILES string of the molecule is [CH2-]C(=O)Nc1[c-]c(OC(C)(C)C)ccn1.[Y]. The summed E-state index contributed by atoms with van der Waals surface area (Å²) in [6.07, 6.45) is 1.54. The molecule has 0 aromatic carbocycles. The predicted octanol–water partition coefficient (Wildman–Crippen LogP) is 1.83. The van der Waals surface area contributed by atoms with Crippen molar-refractivity contribution in [3.63, 3.8) is 0 Å². The molecule has 0 aliphatic heterocycles. The number of nitrogens with one attached hydrogen (secondary N) is 1. The van der Waals surface area contributed by atoms with Crippen LogP contribution in [0.25, 0.3) is 0 Å². The van der Waals surface area contributed by atoms with Crippen molar-refractivity contribution in [1.82, 2.24) is 4.98 Å². The van der Waals surface area contributed by atoms with Crippen molar-refractivity contribution in [3.8, 4) is 5.75 Å². The zero-order valence-electron chi connectivity index (χ0n) is 9.70. The first kappa shape index (κ1) is 15.4. The van der Waals surface area contributed by atoms with Crippen LogP contribution in [0, 0.1) is 13.0 Å². The van der Waals surface area contributed by atoms with Gasteiger partial charge < -0.3 is 21.8 Å². The third-order valence-electron chi connectivity index (χ3n) is 1.35. The average Bonchev–Trinajstić information content (AvgIpc) is 1.99. The van der Waals surface area contributed by atoms with E-state index in [1.54, 1.807) is 12.3 Å². The quantitative estimate of drug-likeness (QED) is 0.847. The summed E-state index contributed by atoms with van der Waals surface area (Å²) in [4.78, 5) is 14.6. The minimum atomic E-state index is -0.424. The van der Waals surface area contributed by atoms with Crippen molar-refractivity contribution in [2.24, 2.45) is 0 Å². The summed E-state index contributed by atoms with van der Waals surface area (Å²) in [5, 5.41) is 2.43. The maximum atomic E-state index is 10.7. The van der Waals surface area contributed by atoms with Crippen LogP contribution in [0.15, 0.2) is 12.3 Å². The molecule has 0 aliphatic carbocycles. The molecule has 0 unspecified atom stereocenters. The Morgan fingerprint density at radius 2 is 2.19 bits per heavy atom. The first-order chi connectivity index (χ1) is 6.87. The zero-order chi connectivity index (χ0) is 11.5. The maximum Gasteiger partial charge on any atom is 0.0961 e. The molecule has 0 atom stereocenters. The van der Waals surface area contributed by atoms with Crippen molar-refractivity contribution < 1.29 is 42.2 Å². The van der Waals surface area contributed by atoms with E-state index in [1.807, 2.05) is 20.8 Å². The predicted molar refractivity (Wildman–Crippen MR) is 57.4 cm³/mol. The minimum Gasteiger partial charge on any atom is -0.526 e. The molecule has 0 fully saturated rings. The van der Waals surface area contributed by atoms with Gasteiger partial charge in [-0.05, 0) is 26.5 Å². The van der Waals surface area contributed by atoms with E-state index in [4.69, 9.17) is 4.74 Å². The van der Waals surface area contributed by atoms with Crippen LogP contribution in [0.1, 0.15) is 20.8 Å². The Morgan fingerprint density at radius 3 is 2.69 bits per heavy atom. The summed E-state index contributed by atoms with van der Waals surface area (Å²) in [6, 6.07) is 4.51. The van der Waals surface area contributed by atoms with E-state index in [-0.39, 0.29) is 38.3 Å². The van der Waals surface area contributed by atoms with Crippen LogP contribution in [-0.4, -0.2) is 16.5 Å². The summed E-state index contributed by atoms with van der Waals surface area (Å²) in [5.41, 5.74) is -0.302. The fourth-order valence-corrected chi connectivity index (χ4v) is 0.955. The Bertz CT molecular complexity index is 361. The van der Waals surface area contributed by atoms with Crippen molar-refractivity contribution >= 4 is 11.7 Å². The normalized spacial score (nSPS) is 10.2. The molecule has 85 valence electrons. The molecule has 1 amide bonds. The monoisotopic (exact) mass is 295 g/mol. The van der Waals surface area contributed by atoms with Gasteiger partial charge in [-0.3, -0.25) is 4.98 Å². The summed E-state index contributed by atoms with van der Waals surface area (Å²) < 4.78 is 5.56. The second kappa shape index (κ2) is 6.21. The van der Waals surface area contributed by atoms with Gasteiger partial charge in [-0.2, -0.15) is 12.1 Å². The van der Waals surface area contributed by atoms with Gasteiger partial charge in [0.1, 0.15) is 0 Å². The van der Waals surface area contributed by atoms with Crippen molar-refractivity contribution in [1.29, 1.82) is 0 Å². The van der Waals surface area contributed by atoms with Gasteiger partial charge >= 0.3 is 0 Å². The van der Waals surface area contributed by atoms with Crippen molar-refractivity contribution in [2.75, 3.05) is 5.32 Å². The molecular weight excluding hydrogens is 281 g/mol. The number of carbonyl (C=O) groups excluding carboxylic acids is 1. The molecular formula is C11H14N2O2Y-2. The molecule has 1 heterocycles. The number of aromatic nitrogens is 1. The van der Waals surface area contributed by atoms with Crippen LogP contribution in [0.2, 0.25) is 0 Å². The molecule has 5 heteroatoms. The van der Waals surface area contributed by atoms with E-state index in [2.05, 4.69) is 23.3 Å². The minimum absolute atomic E-state index is 0. The number of rotatable bonds is 2. The van der Waals surface area contributed by atoms with Crippen molar-refractivity contribution in [3.05, 3.63) is 25.3 Å². The van der Waals surface area contributed by atoms with Crippen LogP contribution >= 0.6 is 0 Å². The molecule has 0 bridgehead atoms. The number of anilines is 1. The molecule has 1 N–H and O–H groups in total. The zero-order valence-corrected chi connectivity index (χ0v) is 12.5. The summed E-state index contributed by atoms with van der Waals surface area (Å²) in [7, 11) is 0. The standard InChI is InChI=1S/C11H14N2O2.Y/c1-8(14)13-10-7-9(5-6-12-10)15-11(2,3)4;/h5-6H,1H2,2-4H3,(H,12,13,14);/q-2;. The average molecular weight is 295 g/mol. The summed E-state index contributed by atoms with van der Waals surface area (Å²) in [5.74, 6) is 0.435. The van der Waals surface area contributed by atoms with E-state index in [9.17, 15) is 4.79 Å². The van der Waals surface area contributed by atoms with E-state index >= 15 is 0 Å². The van der Waals surface area contributed by atoms with E-state index < -0.39 is 5.91 Å². The number of amides is 1. The second-order valence-corrected chi connectivity index (χ2v) is 4.05. The van der Waals surface area contributed by atoms with Gasteiger partial charge in [-0.15, -0.1) is 0 Å². The van der Waals surface area contributed by atoms with Gasteiger partial charge in [0.05, 0.1) is 11.5 Å². The van der Waals surface area contributed by atoms with Crippen LogP contribution in [-0.2, 0) is 37.5 Å². The summed E-state index contributed by atoms with van der Waals surface area (Å²) in [6.45, 7) is 8.98. The number of pyridine rings is 1. The van der Waals surface area contributed by atoms with E-state index in [0.29, 0.717) is 11.6 Å². The topological polar surface area (TPSA) is 51.2 Å². The number of carbonyl (C=O) groups is 1. The molecule has 0 aliphatic rings. The largest absolute Gasteiger partial charge is 0.526 e. The summed E-state index contributed by atoms with van der Waals surface area (Å²) >= 11 is 0. The Kier molecular flexibility index (Phi) is 5.97. The number of hydrogen-bond acceptors (Lipinski definition) is 3. The van der Waals surface area contributed by atoms with Gasteiger partial charge in [-0.1, -0.05) is 6.20 Å². The Hall–Kier alpha value is -0.606. The van der Waals surface area contributed by atoms with Gasteiger partial charge in [0.15, 0.2) is 0 Å². The van der Waals surface area contributed by atoms with Crippen LogP contribution in [0.5, 0.6) is 5.75 Å². The molecule has 0 saturated heterocycles. The number of hydrogen-bond donors (Lipinski definition) is 1. The van der Waals surface area contributed by atoms with E-state index in [0.717, 1.165) is 0 Å². The van der Waals surface area contributed by atoms with Gasteiger partial charge in [0.2, 0.25) is 0 Å². The number of nitrogens with zero attached hydrogens (tertiary/aromatic N) is 1. The molecule has 0 saturated carbocycles. The second-order valence-electron chi connectivity index (χ2n) is 4.05. The smallest absolute Gasteiger partial charge is 0.0961 e.